The molecular weight excluding hydrogens is 715 g/mol. The Kier molecular flexibility index (Phi) is 8.49. The van der Waals surface area contributed by atoms with Crippen LogP contribution in [0, 0.1) is 0 Å². The molecule has 0 aliphatic rings. The van der Waals surface area contributed by atoms with E-state index in [0.717, 1.165) is 50.3 Å². The van der Waals surface area contributed by atoms with Gasteiger partial charge in [-0.3, -0.25) is 0 Å². The van der Waals surface area contributed by atoms with Crippen molar-refractivity contribution >= 4 is 32.8 Å². The maximum atomic E-state index is 5.17. The van der Waals surface area contributed by atoms with Crippen molar-refractivity contribution in [3.8, 4) is 72.7 Å². The number of rotatable bonds is 7. The number of hydrogen-bond acceptors (Lipinski definition) is 2. The molecule has 2 aromatic heterocycles. The van der Waals surface area contributed by atoms with E-state index in [1.807, 2.05) is 30.3 Å². The third kappa shape index (κ3) is 6.36. The Morgan fingerprint density at radius 2 is 0.559 bits per heavy atom. The van der Waals surface area contributed by atoms with Crippen LogP contribution in [0.4, 0.5) is 0 Å². The van der Waals surface area contributed by atoms with E-state index in [4.69, 9.17) is 9.97 Å². The third-order valence-corrected chi connectivity index (χ3v) is 11.4. The lowest BCUT2D eigenvalue weighted by molar-refractivity contribution is 1.18. The zero-order valence-electron chi connectivity index (χ0n) is 32.2. The quantitative estimate of drug-likeness (QED) is 0.162. The summed E-state index contributed by atoms with van der Waals surface area (Å²) < 4.78 is 2.39. The lowest BCUT2D eigenvalue weighted by Crippen LogP contribution is -1.97. The monoisotopic (exact) mass is 751 g/mol. The van der Waals surface area contributed by atoms with Crippen LogP contribution < -0.4 is 0 Å². The maximum Gasteiger partial charge on any atom is 0.0973 e. The SMILES string of the molecule is c1ccc(-c2ccc(-c3ccc4c(c3)c3cc(-c5ccc(-c6ccccc6)cc5)ccc3n4-c3ccc(-c4nc5ccccc5nc4-c4ccccc4)cc3)cc2)cc1. The standard InChI is InChI=1S/C56H37N3/c1-4-12-38(13-5-1)40-20-24-42(25-21-40)46-30-34-53-49(36-46)50-37-47(43-26-22-41(23-27-43)39-14-6-2-7-15-39)31-35-54(50)59(53)48-32-28-45(29-33-48)56-55(44-16-8-3-9-17-44)57-51-18-10-11-19-52(51)58-56/h1-37H. The molecule has 0 bridgehead atoms. The van der Waals surface area contributed by atoms with Crippen LogP contribution in [0.15, 0.2) is 224 Å². The van der Waals surface area contributed by atoms with Gasteiger partial charge in [0.15, 0.2) is 0 Å². The van der Waals surface area contributed by atoms with Crippen LogP contribution in [0.2, 0.25) is 0 Å². The highest BCUT2D eigenvalue weighted by Gasteiger charge is 2.17. The first-order valence-electron chi connectivity index (χ1n) is 20.1. The molecule has 0 aliphatic carbocycles. The summed E-state index contributed by atoms with van der Waals surface area (Å²) in [5.41, 5.74) is 18.6. The first-order valence-corrected chi connectivity index (χ1v) is 20.1. The van der Waals surface area contributed by atoms with Gasteiger partial charge in [0.1, 0.15) is 0 Å². The Hall–Kier alpha value is -7.88. The molecule has 9 aromatic carbocycles. The molecule has 3 heteroatoms. The number of hydrogen-bond donors (Lipinski definition) is 0. The van der Waals surface area contributed by atoms with E-state index in [2.05, 4.69) is 199 Å². The summed E-state index contributed by atoms with van der Waals surface area (Å²) in [6.07, 6.45) is 0. The summed E-state index contributed by atoms with van der Waals surface area (Å²) in [6.45, 7) is 0. The van der Waals surface area contributed by atoms with E-state index in [0.29, 0.717) is 0 Å². The summed E-state index contributed by atoms with van der Waals surface area (Å²) in [7, 11) is 0. The lowest BCUT2D eigenvalue weighted by atomic mass is 9.97. The minimum absolute atomic E-state index is 0.870. The Morgan fingerprint density at radius 1 is 0.254 bits per heavy atom. The number of fused-ring (bicyclic) bond motifs is 4. The predicted octanol–water partition coefficient (Wildman–Crippen LogP) is 14.7. The first kappa shape index (κ1) is 34.4. The van der Waals surface area contributed by atoms with Crippen LogP contribution >= 0.6 is 0 Å². The van der Waals surface area contributed by atoms with Gasteiger partial charge in [0.05, 0.1) is 33.5 Å². The van der Waals surface area contributed by atoms with Crippen LogP contribution in [-0.4, -0.2) is 14.5 Å². The molecule has 11 rings (SSSR count). The molecule has 59 heavy (non-hydrogen) atoms. The second kappa shape index (κ2) is 14.6. The second-order valence-corrected chi connectivity index (χ2v) is 15.0. The van der Waals surface area contributed by atoms with Crippen molar-refractivity contribution in [2.24, 2.45) is 0 Å². The zero-order chi connectivity index (χ0) is 39.1. The van der Waals surface area contributed by atoms with Gasteiger partial charge in [-0.05, 0) is 93.0 Å². The van der Waals surface area contributed by atoms with E-state index < -0.39 is 0 Å². The molecule has 2 heterocycles. The van der Waals surface area contributed by atoms with Crippen LogP contribution in [-0.2, 0) is 0 Å². The van der Waals surface area contributed by atoms with Crippen molar-refractivity contribution in [2.45, 2.75) is 0 Å². The molecule has 276 valence electrons. The van der Waals surface area contributed by atoms with Crippen LogP contribution in [0.5, 0.6) is 0 Å². The number of nitrogens with zero attached hydrogens (tertiary/aromatic N) is 3. The molecule has 0 unspecified atom stereocenters. The van der Waals surface area contributed by atoms with Crippen molar-refractivity contribution < 1.29 is 0 Å². The Labute approximate surface area is 343 Å². The average molecular weight is 752 g/mol. The summed E-state index contributed by atoms with van der Waals surface area (Å²) in [5.74, 6) is 0. The van der Waals surface area contributed by atoms with Gasteiger partial charge < -0.3 is 4.57 Å². The van der Waals surface area contributed by atoms with E-state index in [1.54, 1.807) is 0 Å². The van der Waals surface area contributed by atoms with Gasteiger partial charge in [-0.25, -0.2) is 9.97 Å². The fourth-order valence-corrected chi connectivity index (χ4v) is 8.40. The van der Waals surface area contributed by atoms with Gasteiger partial charge in [0.2, 0.25) is 0 Å². The predicted molar refractivity (Wildman–Crippen MR) is 246 cm³/mol. The summed E-state index contributed by atoms with van der Waals surface area (Å²) >= 11 is 0. The van der Waals surface area contributed by atoms with Gasteiger partial charge in [-0.15, -0.1) is 0 Å². The van der Waals surface area contributed by atoms with Gasteiger partial charge >= 0.3 is 0 Å². The zero-order valence-corrected chi connectivity index (χ0v) is 32.2. The van der Waals surface area contributed by atoms with Crippen molar-refractivity contribution in [3.05, 3.63) is 224 Å². The molecule has 11 aromatic rings. The van der Waals surface area contributed by atoms with Crippen molar-refractivity contribution in [2.75, 3.05) is 0 Å². The van der Waals surface area contributed by atoms with Crippen LogP contribution in [0.1, 0.15) is 0 Å². The molecular formula is C56H37N3. The number of para-hydroxylation sites is 2. The van der Waals surface area contributed by atoms with Gasteiger partial charge in [-0.2, -0.15) is 0 Å². The fourth-order valence-electron chi connectivity index (χ4n) is 8.40. The minimum Gasteiger partial charge on any atom is -0.309 e. The van der Waals surface area contributed by atoms with Crippen molar-refractivity contribution in [3.63, 3.8) is 0 Å². The Bertz CT molecular complexity index is 3120. The molecule has 0 aliphatic heterocycles. The highest BCUT2D eigenvalue weighted by Crippen LogP contribution is 2.39. The molecule has 0 spiro atoms. The lowest BCUT2D eigenvalue weighted by Gasteiger charge is -2.13. The molecule has 0 saturated carbocycles. The molecule has 0 radical (unpaired) electrons. The van der Waals surface area contributed by atoms with Crippen molar-refractivity contribution in [1.82, 2.24) is 14.5 Å². The topological polar surface area (TPSA) is 30.7 Å². The molecule has 0 amide bonds. The summed E-state index contributed by atoms with van der Waals surface area (Å²) in [5, 5.41) is 2.42. The van der Waals surface area contributed by atoms with Gasteiger partial charge in [-0.1, -0.05) is 176 Å². The third-order valence-electron chi connectivity index (χ3n) is 11.4. The van der Waals surface area contributed by atoms with E-state index in [-0.39, 0.29) is 0 Å². The molecule has 0 fully saturated rings. The molecule has 3 nitrogen and oxygen atoms in total. The highest BCUT2D eigenvalue weighted by molar-refractivity contribution is 6.11. The summed E-state index contributed by atoms with van der Waals surface area (Å²) in [6, 6.07) is 80.0. The normalized spacial score (nSPS) is 11.4. The van der Waals surface area contributed by atoms with Gasteiger partial charge in [0, 0.05) is 27.6 Å². The van der Waals surface area contributed by atoms with Crippen LogP contribution in [0.3, 0.4) is 0 Å². The first-order chi connectivity index (χ1) is 29.2. The maximum absolute atomic E-state index is 5.17. The van der Waals surface area contributed by atoms with E-state index in [9.17, 15) is 0 Å². The van der Waals surface area contributed by atoms with Crippen LogP contribution in [0.25, 0.3) is 106 Å². The fraction of sp³-hybridized carbons (Fsp3) is 0. The molecule has 0 N–H and O–H groups in total. The second-order valence-electron chi connectivity index (χ2n) is 15.0. The average Bonchev–Trinajstić information content (AvgIpc) is 3.65. The highest BCUT2D eigenvalue weighted by atomic mass is 15.0. The minimum atomic E-state index is 0.870. The van der Waals surface area contributed by atoms with Crippen molar-refractivity contribution in [1.29, 1.82) is 0 Å². The van der Waals surface area contributed by atoms with Gasteiger partial charge in [0.25, 0.3) is 0 Å². The van der Waals surface area contributed by atoms with E-state index >= 15 is 0 Å². The smallest absolute Gasteiger partial charge is 0.0973 e. The van der Waals surface area contributed by atoms with E-state index in [1.165, 1.54) is 55.3 Å². The largest absolute Gasteiger partial charge is 0.309 e. The Morgan fingerprint density at radius 3 is 0.983 bits per heavy atom. The number of benzene rings is 9. The molecule has 0 saturated heterocycles. The number of aromatic nitrogens is 3. The Balaban J connectivity index is 1.04. The molecule has 0 atom stereocenters. The summed E-state index contributed by atoms with van der Waals surface area (Å²) in [4.78, 5) is 10.3.